The molecule has 0 aliphatic heterocycles. The molecule has 0 radical (unpaired) electrons. The van der Waals surface area contributed by atoms with Gasteiger partial charge in [0.05, 0.1) is 21.7 Å². The van der Waals surface area contributed by atoms with Gasteiger partial charge >= 0.3 is 0 Å². The minimum Gasteiger partial charge on any atom is -0.326 e. The summed E-state index contributed by atoms with van der Waals surface area (Å²) in [6.07, 6.45) is 0. The van der Waals surface area contributed by atoms with E-state index >= 15 is 0 Å². The number of hydrogen-bond acceptors (Lipinski definition) is 5. The van der Waals surface area contributed by atoms with Crippen LogP contribution < -0.4 is 10.6 Å². The molecule has 1 heterocycles. The first-order valence-corrected chi connectivity index (χ1v) is 9.17. The topological polar surface area (TPSA) is 71.1 Å². The third-order valence-electron chi connectivity index (χ3n) is 3.16. The van der Waals surface area contributed by atoms with Gasteiger partial charge in [-0.05, 0) is 30.3 Å². The quantitative estimate of drug-likeness (QED) is 0.658. The molecule has 1 aromatic heterocycles. The second kappa shape index (κ2) is 7.62. The third kappa shape index (κ3) is 4.55. The van der Waals surface area contributed by atoms with Gasteiger partial charge in [-0.15, -0.1) is 11.3 Å². The molecule has 0 unspecified atom stereocenters. The maximum absolute atomic E-state index is 13.8. The standard InChI is InChI=1S/C17H14FN3O2S2/c1-10(22)19-11-6-7-12(18)14(8-11)20-16(23)9-24-17-21-13-4-2-3-5-15(13)25-17/h2-8H,9H2,1H3,(H,19,22)(H,20,23). The first-order chi connectivity index (χ1) is 12.0. The second-order valence-electron chi connectivity index (χ2n) is 5.16. The molecule has 2 amide bonds. The molecule has 0 aliphatic rings. The highest BCUT2D eigenvalue weighted by Gasteiger charge is 2.11. The van der Waals surface area contributed by atoms with Crippen LogP contribution in [-0.2, 0) is 9.59 Å². The number of amides is 2. The fourth-order valence-electron chi connectivity index (χ4n) is 2.13. The molecule has 0 spiro atoms. The van der Waals surface area contributed by atoms with Crippen LogP contribution in [0.1, 0.15) is 6.92 Å². The van der Waals surface area contributed by atoms with E-state index < -0.39 is 5.82 Å². The summed E-state index contributed by atoms with van der Waals surface area (Å²) >= 11 is 2.81. The molecule has 0 bridgehead atoms. The number of halogens is 1. The van der Waals surface area contributed by atoms with Crippen molar-refractivity contribution in [1.82, 2.24) is 4.98 Å². The molecule has 128 valence electrons. The van der Waals surface area contributed by atoms with Crippen molar-refractivity contribution >= 4 is 56.5 Å². The molecule has 0 aliphatic carbocycles. The average molecular weight is 375 g/mol. The summed E-state index contributed by atoms with van der Waals surface area (Å²) in [7, 11) is 0. The number of thiazole rings is 1. The van der Waals surface area contributed by atoms with E-state index in [-0.39, 0.29) is 23.3 Å². The molecule has 8 heteroatoms. The number of carbonyl (C=O) groups is 2. The zero-order chi connectivity index (χ0) is 17.8. The van der Waals surface area contributed by atoms with E-state index in [1.165, 1.54) is 48.2 Å². The predicted octanol–water partition coefficient (Wildman–Crippen LogP) is 4.12. The van der Waals surface area contributed by atoms with Gasteiger partial charge in [0.25, 0.3) is 0 Å². The molecule has 0 atom stereocenters. The summed E-state index contributed by atoms with van der Waals surface area (Å²) in [5.41, 5.74) is 1.34. The fraction of sp³-hybridized carbons (Fsp3) is 0.118. The van der Waals surface area contributed by atoms with E-state index in [0.29, 0.717) is 5.69 Å². The number of nitrogens with zero attached hydrogens (tertiary/aromatic N) is 1. The Labute approximate surface area is 151 Å². The number of fused-ring (bicyclic) bond motifs is 1. The van der Waals surface area contributed by atoms with Crippen LogP contribution in [-0.4, -0.2) is 22.6 Å². The summed E-state index contributed by atoms with van der Waals surface area (Å²) in [6, 6.07) is 11.8. The zero-order valence-corrected chi connectivity index (χ0v) is 14.8. The summed E-state index contributed by atoms with van der Waals surface area (Å²) in [5, 5.41) is 5.07. The summed E-state index contributed by atoms with van der Waals surface area (Å²) < 4.78 is 15.7. The molecule has 3 aromatic rings. The van der Waals surface area contributed by atoms with Crippen LogP contribution in [0.3, 0.4) is 0 Å². The Morgan fingerprint density at radius 1 is 1.20 bits per heavy atom. The second-order valence-corrected chi connectivity index (χ2v) is 7.41. The average Bonchev–Trinajstić information content (AvgIpc) is 2.98. The number of para-hydroxylation sites is 1. The maximum atomic E-state index is 13.8. The van der Waals surface area contributed by atoms with E-state index in [1.807, 2.05) is 24.3 Å². The van der Waals surface area contributed by atoms with Crippen LogP contribution in [0.5, 0.6) is 0 Å². The highest BCUT2D eigenvalue weighted by Crippen LogP contribution is 2.29. The summed E-state index contributed by atoms with van der Waals surface area (Å²) in [6.45, 7) is 1.36. The van der Waals surface area contributed by atoms with Crippen molar-refractivity contribution in [3.8, 4) is 0 Å². The van der Waals surface area contributed by atoms with Gasteiger partial charge in [0.15, 0.2) is 4.34 Å². The highest BCUT2D eigenvalue weighted by molar-refractivity contribution is 8.01. The monoisotopic (exact) mass is 375 g/mol. The normalized spacial score (nSPS) is 10.6. The summed E-state index contributed by atoms with van der Waals surface area (Å²) in [5.74, 6) is -1.06. The van der Waals surface area contributed by atoms with Crippen molar-refractivity contribution in [3.05, 3.63) is 48.3 Å². The van der Waals surface area contributed by atoms with E-state index in [1.54, 1.807) is 0 Å². The molecule has 25 heavy (non-hydrogen) atoms. The molecular weight excluding hydrogens is 361 g/mol. The number of nitrogens with one attached hydrogen (secondary N) is 2. The molecule has 0 fully saturated rings. The lowest BCUT2D eigenvalue weighted by molar-refractivity contribution is -0.114. The Balaban J connectivity index is 1.63. The van der Waals surface area contributed by atoms with Gasteiger partial charge < -0.3 is 10.6 Å². The summed E-state index contributed by atoms with van der Waals surface area (Å²) in [4.78, 5) is 27.6. The smallest absolute Gasteiger partial charge is 0.234 e. The van der Waals surface area contributed by atoms with Gasteiger partial charge in [0, 0.05) is 12.6 Å². The van der Waals surface area contributed by atoms with E-state index in [4.69, 9.17) is 0 Å². The Bertz CT molecular complexity index is 910. The number of rotatable bonds is 5. The van der Waals surface area contributed by atoms with Gasteiger partial charge in [0.1, 0.15) is 5.82 Å². The molecular formula is C17H14FN3O2S2. The van der Waals surface area contributed by atoms with Gasteiger partial charge in [-0.2, -0.15) is 0 Å². The SMILES string of the molecule is CC(=O)Nc1ccc(F)c(NC(=O)CSc2nc3ccccc3s2)c1. The van der Waals surface area contributed by atoms with Crippen LogP contribution in [0, 0.1) is 5.82 Å². The van der Waals surface area contributed by atoms with Gasteiger partial charge in [-0.25, -0.2) is 9.37 Å². The minimum absolute atomic E-state index is 0.0288. The number of thioether (sulfide) groups is 1. The number of carbonyl (C=O) groups excluding carboxylic acids is 2. The number of anilines is 2. The van der Waals surface area contributed by atoms with Crippen molar-refractivity contribution in [3.63, 3.8) is 0 Å². The first-order valence-electron chi connectivity index (χ1n) is 7.36. The van der Waals surface area contributed by atoms with Crippen LogP contribution in [0.2, 0.25) is 0 Å². The molecule has 3 rings (SSSR count). The fourth-order valence-corrected chi connectivity index (χ4v) is 4.00. The number of hydrogen-bond donors (Lipinski definition) is 2. The van der Waals surface area contributed by atoms with Crippen LogP contribution >= 0.6 is 23.1 Å². The highest BCUT2D eigenvalue weighted by atomic mass is 32.2. The molecule has 0 saturated carbocycles. The number of benzene rings is 2. The van der Waals surface area contributed by atoms with Crippen LogP contribution in [0.4, 0.5) is 15.8 Å². The maximum Gasteiger partial charge on any atom is 0.234 e. The van der Waals surface area contributed by atoms with Gasteiger partial charge in [0.2, 0.25) is 11.8 Å². The lowest BCUT2D eigenvalue weighted by Gasteiger charge is -2.08. The van der Waals surface area contributed by atoms with E-state index in [2.05, 4.69) is 15.6 Å². The lowest BCUT2D eigenvalue weighted by atomic mass is 10.2. The van der Waals surface area contributed by atoms with E-state index in [0.717, 1.165) is 14.6 Å². The van der Waals surface area contributed by atoms with Crippen molar-refractivity contribution in [2.75, 3.05) is 16.4 Å². The zero-order valence-electron chi connectivity index (χ0n) is 13.2. The Hall–Kier alpha value is -2.45. The molecule has 2 N–H and O–H groups in total. The van der Waals surface area contributed by atoms with Gasteiger partial charge in [-0.3, -0.25) is 9.59 Å². The Morgan fingerprint density at radius 3 is 2.76 bits per heavy atom. The van der Waals surface area contributed by atoms with E-state index in [9.17, 15) is 14.0 Å². The lowest BCUT2D eigenvalue weighted by Crippen LogP contribution is -2.15. The Kier molecular flexibility index (Phi) is 5.30. The van der Waals surface area contributed by atoms with Gasteiger partial charge in [-0.1, -0.05) is 23.9 Å². The largest absolute Gasteiger partial charge is 0.326 e. The minimum atomic E-state index is -0.563. The predicted molar refractivity (Wildman–Crippen MR) is 99.7 cm³/mol. The van der Waals surface area contributed by atoms with Crippen molar-refractivity contribution in [2.45, 2.75) is 11.3 Å². The van der Waals surface area contributed by atoms with Crippen LogP contribution in [0.25, 0.3) is 10.2 Å². The van der Waals surface area contributed by atoms with Crippen molar-refractivity contribution in [2.24, 2.45) is 0 Å². The molecule has 2 aromatic carbocycles. The number of aromatic nitrogens is 1. The van der Waals surface area contributed by atoms with Crippen molar-refractivity contribution < 1.29 is 14.0 Å². The molecule has 0 saturated heterocycles. The van der Waals surface area contributed by atoms with Crippen LogP contribution in [0.15, 0.2) is 46.8 Å². The molecule has 5 nitrogen and oxygen atoms in total. The first kappa shape index (κ1) is 17.4. The Morgan fingerprint density at radius 2 is 2.00 bits per heavy atom. The van der Waals surface area contributed by atoms with Crippen molar-refractivity contribution in [1.29, 1.82) is 0 Å². The third-order valence-corrected chi connectivity index (χ3v) is 5.34.